The smallest absolute Gasteiger partial charge is 0.123 e. The van der Waals surface area contributed by atoms with Gasteiger partial charge in [0, 0.05) is 37.9 Å². The largest absolute Gasteiger partial charge is 0.500 e. The molecule has 8 aromatic rings. The number of aromatic nitrogens is 2. The summed E-state index contributed by atoms with van der Waals surface area (Å²) >= 11 is 0. The predicted molar refractivity (Wildman–Crippen MR) is 203 cm³/mol. The molecule has 0 aliphatic heterocycles. The van der Waals surface area contributed by atoms with Crippen molar-refractivity contribution in [3.8, 4) is 44.8 Å². The van der Waals surface area contributed by atoms with Crippen LogP contribution in [0.15, 0.2) is 144 Å². The van der Waals surface area contributed by atoms with Gasteiger partial charge in [0.25, 0.3) is 0 Å². The molecule has 0 amide bonds. The van der Waals surface area contributed by atoms with E-state index in [4.69, 9.17) is 4.42 Å². The summed E-state index contributed by atoms with van der Waals surface area (Å²) in [4.78, 5) is 9.15. The molecular weight excluding hydrogens is 812 g/mol. The van der Waals surface area contributed by atoms with Gasteiger partial charge in [-0.25, -0.2) is 4.39 Å². The van der Waals surface area contributed by atoms with Gasteiger partial charge in [-0.2, -0.15) is 0 Å². The van der Waals surface area contributed by atoms with E-state index in [-0.39, 0.29) is 25.9 Å². The Morgan fingerprint density at radius 3 is 2.04 bits per heavy atom. The molecule has 0 unspecified atom stereocenters. The first-order valence-electron chi connectivity index (χ1n) is 16.3. The fraction of sp³-hybridized carbons (Fsp3) is 0.0909. The zero-order chi connectivity index (χ0) is 34.0. The number of nitrogens with zero attached hydrogens (tertiary/aromatic N) is 2. The maximum absolute atomic E-state index is 13.3. The van der Waals surface area contributed by atoms with Crippen LogP contribution in [0.25, 0.3) is 66.7 Å². The number of rotatable bonds is 5. The molecule has 0 fully saturated rings. The van der Waals surface area contributed by atoms with Crippen molar-refractivity contribution in [2.75, 3.05) is 0 Å². The minimum atomic E-state index is -1.27. The molecule has 0 aliphatic carbocycles. The minimum absolute atomic E-state index is 0. The second kappa shape index (κ2) is 14.9. The van der Waals surface area contributed by atoms with Crippen LogP contribution in [-0.4, -0.2) is 18.0 Å². The van der Waals surface area contributed by atoms with E-state index in [1.54, 1.807) is 12.1 Å². The SMILES string of the molecule is Cc1cc(-c2[c-]cccc2)ncc1[Si](C)(C)C.Fc1ccc(-c2ccc3c(c2)oc2c[c-]c(-c4cc(-c5ccccc5)ccn4)cc23)cc1.[Ir]. The molecule has 0 atom stereocenters. The van der Waals surface area contributed by atoms with Crippen molar-refractivity contribution in [2.45, 2.75) is 26.6 Å². The number of halogens is 1. The van der Waals surface area contributed by atoms with Crippen LogP contribution in [0.3, 0.4) is 0 Å². The maximum atomic E-state index is 13.3. The summed E-state index contributed by atoms with van der Waals surface area (Å²) in [6, 6.07) is 47.6. The molecule has 3 heterocycles. The molecule has 0 saturated heterocycles. The standard InChI is InChI=1S/C29H17FNO.C15H18NSi.Ir/c30-24-10-6-20(7-11-24)21-8-12-25-26-16-23(9-13-28(26)32-29(25)18-21)27-17-22(14-15-31-27)19-4-2-1-3-5-19;1-12-10-14(13-8-6-5-7-9-13)16-11-15(12)17(2,3)4;/h1-8,10-18H;5-8,10-11H,1-4H3;/q2*-1;. The third kappa shape index (κ3) is 7.58. The van der Waals surface area contributed by atoms with E-state index in [9.17, 15) is 4.39 Å². The Morgan fingerprint density at radius 2 is 1.32 bits per heavy atom. The van der Waals surface area contributed by atoms with E-state index >= 15 is 0 Å². The summed E-state index contributed by atoms with van der Waals surface area (Å²) in [6.07, 6.45) is 3.88. The van der Waals surface area contributed by atoms with Crippen LogP contribution in [-0.2, 0) is 20.1 Å². The van der Waals surface area contributed by atoms with Crippen molar-refractivity contribution < 1.29 is 28.9 Å². The molecule has 0 spiro atoms. The van der Waals surface area contributed by atoms with Gasteiger partial charge in [-0.05, 0) is 70.0 Å². The van der Waals surface area contributed by atoms with E-state index in [0.29, 0.717) is 0 Å². The van der Waals surface area contributed by atoms with E-state index in [0.717, 1.165) is 66.7 Å². The number of benzene rings is 5. The number of pyridine rings is 2. The van der Waals surface area contributed by atoms with Crippen LogP contribution in [0, 0.1) is 24.9 Å². The van der Waals surface area contributed by atoms with E-state index in [1.807, 2.05) is 66.9 Å². The van der Waals surface area contributed by atoms with Crippen LogP contribution < -0.4 is 5.19 Å². The Kier molecular flexibility index (Phi) is 10.4. The predicted octanol–water partition coefficient (Wildman–Crippen LogP) is 11.3. The van der Waals surface area contributed by atoms with E-state index < -0.39 is 8.07 Å². The fourth-order valence-corrected chi connectivity index (χ4v) is 7.83. The van der Waals surface area contributed by atoms with Crippen LogP contribution in [0.1, 0.15) is 5.56 Å². The molecule has 1 radical (unpaired) electrons. The fourth-order valence-electron chi connectivity index (χ4n) is 6.12. The second-order valence-electron chi connectivity index (χ2n) is 13.2. The van der Waals surface area contributed by atoms with Gasteiger partial charge < -0.3 is 14.4 Å². The summed E-state index contributed by atoms with van der Waals surface area (Å²) in [5, 5.41) is 3.49. The van der Waals surface area contributed by atoms with Gasteiger partial charge in [0.05, 0.1) is 13.7 Å². The number of aryl methyl sites for hydroxylation is 1. The molecule has 0 N–H and O–H groups in total. The van der Waals surface area contributed by atoms with Crippen LogP contribution in [0.2, 0.25) is 19.6 Å². The number of fused-ring (bicyclic) bond motifs is 3. The van der Waals surface area contributed by atoms with E-state index in [2.05, 4.69) is 97.3 Å². The van der Waals surface area contributed by atoms with Gasteiger partial charge in [0.1, 0.15) is 11.4 Å². The second-order valence-corrected chi connectivity index (χ2v) is 18.2. The van der Waals surface area contributed by atoms with Crippen LogP contribution >= 0.6 is 0 Å². The average Bonchev–Trinajstić information content (AvgIpc) is 3.50. The minimum Gasteiger partial charge on any atom is -0.500 e. The number of hydrogen-bond donors (Lipinski definition) is 0. The molecule has 3 nitrogen and oxygen atoms in total. The van der Waals surface area contributed by atoms with Gasteiger partial charge >= 0.3 is 0 Å². The van der Waals surface area contributed by atoms with Crippen LogP contribution in [0.4, 0.5) is 4.39 Å². The van der Waals surface area contributed by atoms with Crippen molar-refractivity contribution in [3.63, 3.8) is 0 Å². The molecule has 3 aromatic heterocycles. The summed E-state index contributed by atoms with van der Waals surface area (Å²) < 4.78 is 19.4. The number of hydrogen-bond acceptors (Lipinski definition) is 3. The Morgan fingerprint density at radius 1 is 0.620 bits per heavy atom. The monoisotopic (exact) mass is 847 g/mol. The Balaban J connectivity index is 0.000000204. The molecular formula is C44H35FIrN2OSi-2. The van der Waals surface area contributed by atoms with Crippen molar-refractivity contribution in [1.29, 1.82) is 0 Å². The molecule has 249 valence electrons. The molecule has 0 aliphatic rings. The number of furan rings is 1. The summed E-state index contributed by atoms with van der Waals surface area (Å²) in [5.74, 6) is -0.244. The third-order valence-corrected chi connectivity index (χ3v) is 10.8. The average molecular weight is 847 g/mol. The zero-order valence-electron chi connectivity index (χ0n) is 28.3. The maximum Gasteiger partial charge on any atom is 0.123 e. The third-order valence-electron chi connectivity index (χ3n) is 8.63. The topological polar surface area (TPSA) is 38.9 Å². The van der Waals surface area contributed by atoms with Crippen molar-refractivity contribution >= 4 is 35.2 Å². The quantitative estimate of drug-likeness (QED) is 0.128. The molecule has 6 heteroatoms. The molecule has 50 heavy (non-hydrogen) atoms. The molecule has 5 aromatic carbocycles. The zero-order valence-corrected chi connectivity index (χ0v) is 31.7. The van der Waals surface area contributed by atoms with Gasteiger partial charge in [0.15, 0.2) is 0 Å². The van der Waals surface area contributed by atoms with E-state index in [1.165, 1.54) is 22.9 Å². The first-order valence-corrected chi connectivity index (χ1v) is 19.8. The first kappa shape index (κ1) is 34.8. The van der Waals surface area contributed by atoms with Gasteiger partial charge in [-0.1, -0.05) is 97.3 Å². The molecule has 0 bridgehead atoms. The van der Waals surface area contributed by atoms with Crippen molar-refractivity contribution in [3.05, 3.63) is 163 Å². The van der Waals surface area contributed by atoms with Gasteiger partial charge in [-0.3, -0.25) is 0 Å². The Bertz CT molecular complexity index is 2390. The molecule has 0 saturated carbocycles. The van der Waals surface area contributed by atoms with Crippen LogP contribution in [0.5, 0.6) is 0 Å². The van der Waals surface area contributed by atoms with Gasteiger partial charge in [0.2, 0.25) is 0 Å². The summed E-state index contributed by atoms with van der Waals surface area (Å²) in [6.45, 7) is 9.24. The summed E-state index contributed by atoms with van der Waals surface area (Å²) in [7, 11) is -1.27. The Hall–Kier alpha value is -5.00. The molecule has 8 rings (SSSR count). The van der Waals surface area contributed by atoms with Crippen molar-refractivity contribution in [2.24, 2.45) is 0 Å². The van der Waals surface area contributed by atoms with Gasteiger partial charge in [-0.15, -0.1) is 59.7 Å². The van der Waals surface area contributed by atoms with Crippen molar-refractivity contribution in [1.82, 2.24) is 9.97 Å². The Labute approximate surface area is 307 Å². The summed E-state index contributed by atoms with van der Waals surface area (Å²) in [5.41, 5.74) is 11.0. The normalized spacial score (nSPS) is 11.1. The first-order chi connectivity index (χ1) is 23.7.